The summed E-state index contributed by atoms with van der Waals surface area (Å²) in [7, 11) is 0. The molecule has 8 aromatic carbocycles. The molecule has 230 valence electrons. The molecule has 8 rings (SSSR count). The standard InChI is InChI=1S/C47H37N/c1-3-12-35(13-4-1)32-42(47-21-11-17-40-15-9-10-20-46(40)47)33-36-22-24-38(25-23-36)39-26-29-44(30-27-39)48(43-18-5-2-6-19-43)45-31-28-37-14-7-8-16-41(37)34-45/h1-31,34,42H,32-33H2. The molecule has 0 aromatic heterocycles. The second-order valence-electron chi connectivity index (χ2n) is 12.6. The molecule has 0 amide bonds. The summed E-state index contributed by atoms with van der Waals surface area (Å²) in [6, 6.07) is 70.5. The van der Waals surface area contributed by atoms with Gasteiger partial charge in [0.2, 0.25) is 0 Å². The summed E-state index contributed by atoms with van der Waals surface area (Å²) in [5.74, 6) is 0.378. The average Bonchev–Trinajstić information content (AvgIpc) is 3.16. The van der Waals surface area contributed by atoms with Gasteiger partial charge in [0.1, 0.15) is 0 Å². The van der Waals surface area contributed by atoms with Gasteiger partial charge in [-0.05, 0) is 105 Å². The van der Waals surface area contributed by atoms with Crippen molar-refractivity contribution >= 4 is 38.6 Å². The van der Waals surface area contributed by atoms with E-state index < -0.39 is 0 Å². The molecular weight excluding hydrogens is 579 g/mol. The van der Waals surface area contributed by atoms with Gasteiger partial charge in [0.15, 0.2) is 0 Å². The zero-order valence-electron chi connectivity index (χ0n) is 26.9. The molecule has 0 saturated carbocycles. The molecular formula is C47H37N. The summed E-state index contributed by atoms with van der Waals surface area (Å²) in [6.07, 6.45) is 1.99. The molecule has 1 heteroatoms. The molecule has 48 heavy (non-hydrogen) atoms. The zero-order chi connectivity index (χ0) is 32.1. The lowest BCUT2D eigenvalue weighted by atomic mass is 9.84. The number of fused-ring (bicyclic) bond motifs is 2. The summed E-state index contributed by atoms with van der Waals surface area (Å²) in [6.45, 7) is 0. The van der Waals surface area contributed by atoms with Gasteiger partial charge < -0.3 is 4.90 Å². The minimum Gasteiger partial charge on any atom is -0.310 e. The van der Waals surface area contributed by atoms with Gasteiger partial charge in [-0.15, -0.1) is 0 Å². The Bertz CT molecular complexity index is 2270. The van der Waals surface area contributed by atoms with Crippen LogP contribution in [-0.4, -0.2) is 0 Å². The topological polar surface area (TPSA) is 3.24 Å². The number of anilines is 3. The van der Waals surface area contributed by atoms with Crippen LogP contribution in [0.2, 0.25) is 0 Å². The van der Waals surface area contributed by atoms with Crippen LogP contribution >= 0.6 is 0 Å². The summed E-state index contributed by atoms with van der Waals surface area (Å²) >= 11 is 0. The van der Waals surface area contributed by atoms with Crippen molar-refractivity contribution in [2.45, 2.75) is 18.8 Å². The van der Waals surface area contributed by atoms with Crippen LogP contribution in [0.4, 0.5) is 17.1 Å². The van der Waals surface area contributed by atoms with Gasteiger partial charge in [-0.2, -0.15) is 0 Å². The van der Waals surface area contributed by atoms with Gasteiger partial charge in [-0.25, -0.2) is 0 Å². The van der Waals surface area contributed by atoms with Crippen molar-refractivity contribution in [3.05, 3.63) is 211 Å². The third-order valence-electron chi connectivity index (χ3n) is 9.49. The molecule has 0 fully saturated rings. The lowest BCUT2D eigenvalue weighted by Crippen LogP contribution is -2.09. The van der Waals surface area contributed by atoms with Crippen molar-refractivity contribution in [3.63, 3.8) is 0 Å². The minimum absolute atomic E-state index is 0.378. The van der Waals surface area contributed by atoms with E-state index in [2.05, 4.69) is 199 Å². The summed E-state index contributed by atoms with van der Waals surface area (Å²) in [4.78, 5) is 2.33. The molecule has 1 nitrogen and oxygen atoms in total. The Balaban J connectivity index is 1.07. The molecule has 0 N–H and O–H groups in total. The second kappa shape index (κ2) is 13.4. The molecule has 0 heterocycles. The summed E-state index contributed by atoms with van der Waals surface area (Å²) in [5, 5.41) is 5.14. The maximum Gasteiger partial charge on any atom is 0.0468 e. The lowest BCUT2D eigenvalue weighted by Gasteiger charge is -2.26. The Morgan fingerprint density at radius 1 is 0.354 bits per heavy atom. The number of para-hydroxylation sites is 1. The van der Waals surface area contributed by atoms with Crippen LogP contribution in [0.1, 0.15) is 22.6 Å². The highest BCUT2D eigenvalue weighted by atomic mass is 15.1. The zero-order valence-corrected chi connectivity index (χ0v) is 26.9. The highest BCUT2D eigenvalue weighted by Gasteiger charge is 2.17. The maximum atomic E-state index is 2.33. The number of benzene rings is 8. The Hall–Kier alpha value is -5.92. The van der Waals surface area contributed by atoms with Crippen molar-refractivity contribution < 1.29 is 0 Å². The van der Waals surface area contributed by atoms with E-state index in [0.717, 1.165) is 29.9 Å². The molecule has 8 aromatic rings. The van der Waals surface area contributed by atoms with Crippen LogP contribution in [0.3, 0.4) is 0 Å². The van der Waals surface area contributed by atoms with E-state index in [1.807, 2.05) is 0 Å². The van der Waals surface area contributed by atoms with Gasteiger partial charge in [0.25, 0.3) is 0 Å². The average molecular weight is 616 g/mol. The van der Waals surface area contributed by atoms with E-state index in [1.54, 1.807) is 0 Å². The third kappa shape index (κ3) is 6.24. The van der Waals surface area contributed by atoms with Crippen LogP contribution in [0.15, 0.2) is 194 Å². The fraction of sp³-hybridized carbons (Fsp3) is 0.0638. The molecule has 0 aliphatic heterocycles. The fourth-order valence-electron chi connectivity index (χ4n) is 7.06. The van der Waals surface area contributed by atoms with Gasteiger partial charge in [-0.3, -0.25) is 0 Å². The van der Waals surface area contributed by atoms with Crippen molar-refractivity contribution in [2.24, 2.45) is 0 Å². The fourth-order valence-corrected chi connectivity index (χ4v) is 7.06. The van der Waals surface area contributed by atoms with Crippen molar-refractivity contribution in [3.8, 4) is 11.1 Å². The van der Waals surface area contributed by atoms with E-state index >= 15 is 0 Å². The largest absolute Gasteiger partial charge is 0.310 e. The Morgan fingerprint density at radius 2 is 0.875 bits per heavy atom. The Labute approximate surface area is 283 Å². The smallest absolute Gasteiger partial charge is 0.0468 e. The van der Waals surface area contributed by atoms with Crippen LogP contribution in [0, 0.1) is 0 Å². The first-order valence-corrected chi connectivity index (χ1v) is 16.8. The number of nitrogens with zero attached hydrogens (tertiary/aromatic N) is 1. The molecule has 0 aliphatic rings. The van der Waals surface area contributed by atoms with E-state index in [9.17, 15) is 0 Å². The third-order valence-corrected chi connectivity index (χ3v) is 9.49. The van der Waals surface area contributed by atoms with E-state index in [1.165, 1.54) is 49.4 Å². The second-order valence-corrected chi connectivity index (χ2v) is 12.6. The van der Waals surface area contributed by atoms with E-state index in [-0.39, 0.29) is 0 Å². The predicted octanol–water partition coefficient (Wildman–Crippen LogP) is 12.7. The monoisotopic (exact) mass is 615 g/mol. The summed E-state index contributed by atoms with van der Waals surface area (Å²) < 4.78 is 0. The molecule has 0 radical (unpaired) electrons. The predicted molar refractivity (Wildman–Crippen MR) is 205 cm³/mol. The molecule has 1 atom stereocenters. The molecule has 0 spiro atoms. The number of hydrogen-bond donors (Lipinski definition) is 0. The number of rotatable bonds is 9. The van der Waals surface area contributed by atoms with Crippen LogP contribution in [0.25, 0.3) is 32.7 Å². The minimum atomic E-state index is 0.378. The SMILES string of the molecule is c1ccc(CC(Cc2ccc(-c3ccc(N(c4ccccc4)c4ccc5ccccc5c4)cc3)cc2)c2cccc3ccccc23)cc1. The van der Waals surface area contributed by atoms with Crippen LogP contribution in [0.5, 0.6) is 0 Å². The maximum absolute atomic E-state index is 2.33. The van der Waals surface area contributed by atoms with Crippen LogP contribution in [-0.2, 0) is 12.8 Å². The molecule has 1 unspecified atom stereocenters. The van der Waals surface area contributed by atoms with Crippen LogP contribution < -0.4 is 4.90 Å². The van der Waals surface area contributed by atoms with Crippen molar-refractivity contribution in [2.75, 3.05) is 4.90 Å². The van der Waals surface area contributed by atoms with Gasteiger partial charge in [-0.1, -0.05) is 158 Å². The van der Waals surface area contributed by atoms with Gasteiger partial charge in [0.05, 0.1) is 0 Å². The molecule has 0 bridgehead atoms. The Kier molecular flexibility index (Phi) is 8.25. The summed E-state index contributed by atoms with van der Waals surface area (Å²) in [5.41, 5.74) is 10.0. The highest BCUT2D eigenvalue weighted by molar-refractivity contribution is 5.89. The normalized spacial score (nSPS) is 11.8. The first-order chi connectivity index (χ1) is 23.8. The molecule has 0 aliphatic carbocycles. The van der Waals surface area contributed by atoms with Crippen molar-refractivity contribution in [1.82, 2.24) is 0 Å². The highest BCUT2D eigenvalue weighted by Crippen LogP contribution is 2.37. The number of hydrogen-bond acceptors (Lipinski definition) is 1. The van der Waals surface area contributed by atoms with E-state index in [4.69, 9.17) is 0 Å². The first-order valence-electron chi connectivity index (χ1n) is 16.8. The quantitative estimate of drug-likeness (QED) is 0.156. The first kappa shape index (κ1) is 29.5. The van der Waals surface area contributed by atoms with E-state index in [0.29, 0.717) is 5.92 Å². The molecule has 0 saturated heterocycles. The van der Waals surface area contributed by atoms with Gasteiger partial charge in [0, 0.05) is 17.1 Å². The lowest BCUT2D eigenvalue weighted by molar-refractivity contribution is 0.685. The van der Waals surface area contributed by atoms with Gasteiger partial charge >= 0.3 is 0 Å². The Morgan fingerprint density at radius 3 is 1.60 bits per heavy atom. The van der Waals surface area contributed by atoms with Crippen molar-refractivity contribution in [1.29, 1.82) is 0 Å².